The number of piperazine rings is 1. The van der Waals surface area contributed by atoms with Crippen LogP contribution < -0.4 is 10.0 Å². The van der Waals surface area contributed by atoms with Crippen LogP contribution in [0.25, 0.3) is 11.1 Å². The third-order valence-corrected chi connectivity index (χ3v) is 8.83. The van der Waals surface area contributed by atoms with Crippen molar-refractivity contribution < 1.29 is 23.1 Å². The molecule has 0 spiro atoms. The van der Waals surface area contributed by atoms with E-state index < -0.39 is 10.0 Å². The molecular formula is C28H30N4O5S. The van der Waals surface area contributed by atoms with Crippen LogP contribution in [-0.4, -0.2) is 54.4 Å². The lowest BCUT2D eigenvalue weighted by Crippen LogP contribution is -2.54. The molecule has 1 aliphatic heterocycles. The third-order valence-electron chi connectivity index (χ3n) is 7.29. The zero-order valence-corrected chi connectivity index (χ0v) is 21.6. The number of benzene rings is 2. The summed E-state index contributed by atoms with van der Waals surface area (Å²) in [4.78, 5) is 31.2. The molecule has 10 heteroatoms. The summed E-state index contributed by atoms with van der Waals surface area (Å²) >= 11 is 0. The molecule has 3 N–H and O–H groups in total. The summed E-state index contributed by atoms with van der Waals surface area (Å²) in [6.45, 7) is 0.410. The fourth-order valence-electron chi connectivity index (χ4n) is 5.21. The minimum atomic E-state index is -3.73. The van der Waals surface area contributed by atoms with E-state index in [0.717, 1.165) is 16.7 Å². The van der Waals surface area contributed by atoms with Crippen LogP contribution in [-0.2, 0) is 19.6 Å². The quantitative estimate of drug-likeness (QED) is 0.446. The van der Waals surface area contributed by atoms with Gasteiger partial charge in [-0.1, -0.05) is 42.5 Å². The summed E-state index contributed by atoms with van der Waals surface area (Å²) in [6, 6.07) is 18.9. The van der Waals surface area contributed by atoms with Gasteiger partial charge in [-0.3, -0.25) is 9.59 Å². The zero-order chi connectivity index (χ0) is 26.7. The zero-order valence-electron chi connectivity index (χ0n) is 20.8. The Morgan fingerprint density at radius 1 is 0.947 bits per heavy atom. The number of aromatic hydroxyl groups is 1. The van der Waals surface area contributed by atoms with Gasteiger partial charge >= 0.3 is 0 Å². The average molecular weight is 535 g/mol. The molecule has 1 atom stereocenters. The average Bonchev–Trinajstić information content (AvgIpc) is 2.94. The minimum absolute atomic E-state index is 0.0289. The summed E-state index contributed by atoms with van der Waals surface area (Å²) in [6.07, 6.45) is 3.72. The molecule has 38 heavy (non-hydrogen) atoms. The van der Waals surface area contributed by atoms with E-state index in [9.17, 15) is 23.1 Å². The largest absolute Gasteiger partial charge is 0.493 e. The van der Waals surface area contributed by atoms with Crippen LogP contribution in [0.3, 0.4) is 0 Å². The lowest BCUT2D eigenvalue weighted by molar-refractivity contribution is -0.145. The van der Waals surface area contributed by atoms with Crippen LogP contribution in [0, 0.1) is 5.92 Å². The standard InChI is InChI=1S/C28H30N4O5S/c33-26-15-10-22(16-29-26)19-8-13-24(14-9-19)38(36,37)31-23-11-6-21(7-12-23)28(35)32-18-27(34)30-17-25(32)20-4-2-1-3-5-20/h1-5,8-10,13-16,21,23,25,31H,6-7,11-12,17-18H2,(H,29,33)(H,30,34)/t21-,23-,25-/m1/s1. The number of hydrogen-bond donors (Lipinski definition) is 3. The summed E-state index contributed by atoms with van der Waals surface area (Å²) in [5, 5.41) is 12.2. The molecule has 9 nitrogen and oxygen atoms in total. The van der Waals surface area contributed by atoms with Gasteiger partial charge in [-0.25, -0.2) is 18.1 Å². The Hall–Kier alpha value is -3.76. The van der Waals surface area contributed by atoms with Gasteiger partial charge in [0.15, 0.2) is 0 Å². The second-order valence-corrected chi connectivity index (χ2v) is 11.5. The van der Waals surface area contributed by atoms with Crippen molar-refractivity contribution in [2.24, 2.45) is 5.92 Å². The summed E-state index contributed by atoms with van der Waals surface area (Å²) in [5.41, 5.74) is 2.54. The Balaban J connectivity index is 1.20. The number of aromatic nitrogens is 1. The summed E-state index contributed by atoms with van der Waals surface area (Å²) < 4.78 is 28.8. The Labute approximate surface area is 222 Å². The van der Waals surface area contributed by atoms with E-state index in [0.29, 0.717) is 32.2 Å². The van der Waals surface area contributed by atoms with Crippen LogP contribution in [0.4, 0.5) is 0 Å². The first-order valence-electron chi connectivity index (χ1n) is 12.7. The van der Waals surface area contributed by atoms with E-state index in [4.69, 9.17) is 0 Å². The van der Waals surface area contributed by atoms with Crippen LogP contribution in [0.5, 0.6) is 5.88 Å². The SMILES string of the molecule is O=C1CN(C(=O)[C@H]2CC[C@H](NS(=O)(=O)c3ccc(-c4ccc(O)nc4)cc3)CC2)[C@@H](c2ccccc2)CN1. The molecular weight excluding hydrogens is 504 g/mol. The van der Waals surface area contributed by atoms with Crippen LogP contribution in [0.15, 0.2) is 77.8 Å². The van der Waals surface area contributed by atoms with Gasteiger partial charge in [-0.05, 0) is 55.0 Å². The number of pyridine rings is 1. The molecule has 5 rings (SSSR count). The van der Waals surface area contributed by atoms with Crippen molar-refractivity contribution in [3.05, 3.63) is 78.5 Å². The van der Waals surface area contributed by atoms with E-state index in [1.165, 1.54) is 12.3 Å². The van der Waals surface area contributed by atoms with E-state index in [1.807, 2.05) is 30.3 Å². The Morgan fingerprint density at radius 3 is 2.29 bits per heavy atom. The number of rotatable bonds is 6. The fraction of sp³-hybridized carbons (Fsp3) is 0.321. The lowest BCUT2D eigenvalue weighted by Gasteiger charge is -2.39. The van der Waals surface area contributed by atoms with Crippen molar-refractivity contribution in [3.63, 3.8) is 0 Å². The maximum atomic E-state index is 13.5. The normalized spacial score (nSPS) is 22.1. The second kappa shape index (κ2) is 10.9. The molecule has 3 aromatic rings. The highest BCUT2D eigenvalue weighted by Gasteiger charge is 2.37. The molecule has 0 unspecified atom stereocenters. The van der Waals surface area contributed by atoms with Gasteiger partial charge < -0.3 is 15.3 Å². The smallest absolute Gasteiger partial charge is 0.240 e. The maximum Gasteiger partial charge on any atom is 0.240 e. The maximum absolute atomic E-state index is 13.5. The highest BCUT2D eigenvalue weighted by Crippen LogP contribution is 2.31. The van der Waals surface area contributed by atoms with E-state index in [1.54, 1.807) is 35.2 Å². The van der Waals surface area contributed by atoms with Gasteiger partial charge in [-0.15, -0.1) is 0 Å². The first-order chi connectivity index (χ1) is 18.3. The number of hydrogen-bond acceptors (Lipinski definition) is 6. The van der Waals surface area contributed by atoms with E-state index in [2.05, 4.69) is 15.0 Å². The van der Waals surface area contributed by atoms with E-state index >= 15 is 0 Å². The minimum Gasteiger partial charge on any atom is -0.493 e. The van der Waals surface area contributed by atoms with Crippen molar-refractivity contribution in [1.82, 2.24) is 19.9 Å². The van der Waals surface area contributed by atoms with E-state index in [-0.39, 0.29) is 47.1 Å². The van der Waals surface area contributed by atoms with Crippen LogP contribution >= 0.6 is 0 Å². The van der Waals surface area contributed by atoms with Crippen molar-refractivity contribution in [2.45, 2.75) is 42.7 Å². The molecule has 2 aliphatic rings. The van der Waals surface area contributed by atoms with Crippen molar-refractivity contribution >= 4 is 21.8 Å². The van der Waals surface area contributed by atoms with Crippen molar-refractivity contribution in [3.8, 4) is 17.0 Å². The molecule has 1 saturated heterocycles. The topological polar surface area (TPSA) is 129 Å². The highest BCUT2D eigenvalue weighted by molar-refractivity contribution is 7.89. The monoisotopic (exact) mass is 534 g/mol. The molecule has 2 amide bonds. The molecule has 198 valence electrons. The van der Waals surface area contributed by atoms with Crippen molar-refractivity contribution in [1.29, 1.82) is 0 Å². The Morgan fingerprint density at radius 2 is 1.63 bits per heavy atom. The number of sulfonamides is 1. The molecule has 1 aromatic heterocycles. The number of carbonyl (C=O) groups is 2. The molecule has 1 saturated carbocycles. The van der Waals surface area contributed by atoms with Crippen molar-refractivity contribution in [2.75, 3.05) is 13.1 Å². The molecule has 2 aromatic carbocycles. The predicted octanol–water partition coefficient (Wildman–Crippen LogP) is 2.99. The predicted molar refractivity (Wildman–Crippen MR) is 141 cm³/mol. The molecule has 1 aliphatic carbocycles. The van der Waals surface area contributed by atoms with Gasteiger partial charge in [-0.2, -0.15) is 0 Å². The van der Waals surface area contributed by atoms with Gasteiger partial charge in [0, 0.05) is 36.3 Å². The summed E-state index contributed by atoms with van der Waals surface area (Å²) in [5.74, 6) is -0.536. The molecule has 0 radical (unpaired) electrons. The first kappa shape index (κ1) is 25.9. The number of nitrogens with zero attached hydrogens (tertiary/aromatic N) is 2. The first-order valence-corrected chi connectivity index (χ1v) is 14.2. The highest BCUT2D eigenvalue weighted by atomic mass is 32.2. The van der Waals surface area contributed by atoms with Crippen LogP contribution in [0.2, 0.25) is 0 Å². The number of nitrogens with one attached hydrogen (secondary N) is 2. The van der Waals surface area contributed by atoms with Gasteiger partial charge in [0.05, 0.1) is 10.9 Å². The molecule has 2 fully saturated rings. The Bertz CT molecular complexity index is 1390. The van der Waals surface area contributed by atoms with Gasteiger partial charge in [0.1, 0.15) is 6.54 Å². The van der Waals surface area contributed by atoms with Crippen LogP contribution in [0.1, 0.15) is 37.3 Å². The second-order valence-electron chi connectivity index (χ2n) is 9.80. The lowest BCUT2D eigenvalue weighted by atomic mass is 9.85. The number of amides is 2. The summed E-state index contributed by atoms with van der Waals surface area (Å²) in [7, 11) is -3.73. The van der Waals surface area contributed by atoms with Gasteiger partial charge in [0.2, 0.25) is 27.7 Å². The molecule has 2 heterocycles. The third kappa shape index (κ3) is 5.71. The fourth-order valence-corrected chi connectivity index (χ4v) is 6.51. The Kier molecular flexibility index (Phi) is 7.44. The number of carbonyl (C=O) groups excluding carboxylic acids is 2. The molecule has 0 bridgehead atoms. The van der Waals surface area contributed by atoms with Gasteiger partial charge in [0.25, 0.3) is 0 Å².